The molecule has 0 saturated carbocycles. The zero-order chi connectivity index (χ0) is 21.3. The molecule has 3 aliphatic heterocycles. The molecule has 1 unspecified atom stereocenters. The highest BCUT2D eigenvalue weighted by atomic mass is 32.2. The molecule has 4 heterocycles. The molecular weight excluding hydrogens is 412 g/mol. The Morgan fingerprint density at radius 2 is 1.87 bits per heavy atom. The lowest BCUT2D eigenvalue weighted by Crippen LogP contribution is -2.41. The Kier molecular flexibility index (Phi) is 5.62. The van der Waals surface area contributed by atoms with Gasteiger partial charge in [-0.05, 0) is 56.8 Å². The number of piperidine rings is 2. The number of fused-ring (bicyclic) bond motifs is 1. The molecule has 164 valence electrons. The molecule has 0 amide bonds. The summed E-state index contributed by atoms with van der Waals surface area (Å²) in [5.74, 6) is 1.44. The minimum absolute atomic E-state index is 0.0558. The highest BCUT2D eigenvalue weighted by Crippen LogP contribution is 2.30. The molecule has 31 heavy (non-hydrogen) atoms. The maximum Gasteiger partial charge on any atom is 0.286 e. The van der Waals surface area contributed by atoms with Gasteiger partial charge in [-0.1, -0.05) is 12.1 Å². The number of hydrogen-bond donors (Lipinski definition) is 1. The summed E-state index contributed by atoms with van der Waals surface area (Å²) in [6, 6.07) is 8.94. The summed E-state index contributed by atoms with van der Waals surface area (Å²) in [7, 11) is -3.65. The van der Waals surface area contributed by atoms with Crippen molar-refractivity contribution in [3.63, 3.8) is 0 Å². The van der Waals surface area contributed by atoms with Crippen LogP contribution >= 0.6 is 0 Å². The summed E-state index contributed by atoms with van der Waals surface area (Å²) in [5.41, 5.74) is 1.62. The molecular formula is C22H28N6O2S. The molecule has 8 nitrogen and oxygen atoms in total. The number of rotatable bonds is 4. The van der Waals surface area contributed by atoms with E-state index < -0.39 is 10.0 Å². The second-order valence-corrected chi connectivity index (χ2v) is 10.1. The first kappa shape index (κ1) is 20.4. The average Bonchev–Trinajstić information content (AvgIpc) is 2.80. The number of amidine groups is 1. The van der Waals surface area contributed by atoms with Crippen LogP contribution in [0.25, 0.3) is 0 Å². The van der Waals surface area contributed by atoms with Gasteiger partial charge in [0, 0.05) is 38.3 Å². The van der Waals surface area contributed by atoms with Gasteiger partial charge in [0.05, 0.1) is 11.4 Å². The maximum absolute atomic E-state index is 12.6. The van der Waals surface area contributed by atoms with Crippen LogP contribution in [-0.2, 0) is 16.6 Å². The Hall–Kier alpha value is -2.52. The second-order valence-electron chi connectivity index (χ2n) is 8.54. The number of hydrogen-bond acceptors (Lipinski definition) is 7. The Morgan fingerprint density at radius 1 is 1.03 bits per heavy atom. The summed E-state index contributed by atoms with van der Waals surface area (Å²) in [6.07, 6.45) is 7.44. The van der Waals surface area contributed by atoms with E-state index in [4.69, 9.17) is 4.98 Å². The van der Waals surface area contributed by atoms with E-state index in [1.807, 2.05) is 18.3 Å². The lowest BCUT2D eigenvalue weighted by Gasteiger charge is -2.34. The van der Waals surface area contributed by atoms with E-state index in [1.165, 1.54) is 19.3 Å². The molecule has 1 atom stereocenters. The second kappa shape index (κ2) is 8.55. The van der Waals surface area contributed by atoms with E-state index in [9.17, 15) is 8.42 Å². The lowest BCUT2D eigenvalue weighted by molar-refractivity contribution is 0.194. The molecule has 0 radical (unpaired) electrons. The van der Waals surface area contributed by atoms with Crippen LogP contribution in [0.15, 0.2) is 45.8 Å². The zero-order valence-electron chi connectivity index (χ0n) is 17.6. The maximum atomic E-state index is 12.6. The van der Waals surface area contributed by atoms with Gasteiger partial charge in [-0.15, -0.1) is 4.40 Å². The van der Waals surface area contributed by atoms with Crippen LogP contribution in [0, 0.1) is 5.92 Å². The molecule has 1 aromatic carbocycles. The first-order chi connectivity index (χ1) is 15.1. The van der Waals surface area contributed by atoms with Gasteiger partial charge in [-0.2, -0.15) is 8.42 Å². The standard InChI is InChI=1S/C22H28N6O2S/c29-31(30)20-9-3-2-8-19(20)25-21(26-31)17-7-6-12-27(15-17)16-18-10-11-23-22(24-18)28-13-4-1-5-14-28/h2-3,8-11,17H,1,4-7,12-16H2,(H,25,26). The Bertz CT molecular complexity index is 1080. The fourth-order valence-electron chi connectivity index (χ4n) is 4.68. The van der Waals surface area contributed by atoms with Crippen LogP contribution < -0.4 is 10.2 Å². The van der Waals surface area contributed by atoms with E-state index in [0.717, 1.165) is 57.2 Å². The number of nitrogens with one attached hydrogen (secondary N) is 1. The van der Waals surface area contributed by atoms with Gasteiger partial charge in [0.2, 0.25) is 5.95 Å². The fourth-order valence-corrected chi connectivity index (χ4v) is 5.88. The van der Waals surface area contributed by atoms with Crippen molar-refractivity contribution in [2.24, 2.45) is 10.3 Å². The first-order valence-corrected chi connectivity index (χ1v) is 12.5. The number of para-hydroxylation sites is 1. The van der Waals surface area contributed by atoms with Crippen LogP contribution in [0.4, 0.5) is 11.6 Å². The fraction of sp³-hybridized carbons (Fsp3) is 0.500. The van der Waals surface area contributed by atoms with Crippen LogP contribution in [0.1, 0.15) is 37.8 Å². The summed E-state index contributed by atoms with van der Waals surface area (Å²) in [6.45, 7) is 4.51. The first-order valence-electron chi connectivity index (χ1n) is 11.1. The molecule has 2 aromatic rings. The molecule has 2 saturated heterocycles. The van der Waals surface area contributed by atoms with Crippen molar-refractivity contribution in [2.45, 2.75) is 43.5 Å². The molecule has 3 aliphatic rings. The van der Waals surface area contributed by atoms with Crippen molar-refractivity contribution < 1.29 is 8.42 Å². The largest absolute Gasteiger partial charge is 0.342 e. The van der Waals surface area contributed by atoms with Crippen molar-refractivity contribution in [3.05, 3.63) is 42.2 Å². The molecule has 2 fully saturated rings. The number of sulfonamides is 1. The third-order valence-corrected chi connectivity index (χ3v) is 7.61. The van der Waals surface area contributed by atoms with Crippen LogP contribution in [0.3, 0.4) is 0 Å². The number of aromatic nitrogens is 2. The lowest BCUT2D eigenvalue weighted by atomic mass is 9.96. The van der Waals surface area contributed by atoms with Gasteiger partial charge in [0.15, 0.2) is 0 Å². The smallest absolute Gasteiger partial charge is 0.286 e. The minimum atomic E-state index is -3.65. The van der Waals surface area contributed by atoms with Crippen LogP contribution in [-0.4, -0.2) is 55.3 Å². The van der Waals surface area contributed by atoms with Gasteiger partial charge >= 0.3 is 0 Å². The number of nitrogens with zero attached hydrogens (tertiary/aromatic N) is 5. The van der Waals surface area contributed by atoms with Crippen molar-refractivity contribution in [1.29, 1.82) is 0 Å². The summed E-state index contributed by atoms with van der Waals surface area (Å²) in [5, 5.41) is 3.27. The van der Waals surface area contributed by atoms with Crippen molar-refractivity contribution in [1.82, 2.24) is 14.9 Å². The van der Waals surface area contributed by atoms with E-state index >= 15 is 0 Å². The molecule has 0 aliphatic carbocycles. The normalized spacial score (nSPS) is 23.5. The van der Waals surface area contributed by atoms with E-state index in [0.29, 0.717) is 11.5 Å². The monoisotopic (exact) mass is 440 g/mol. The SMILES string of the molecule is O=S1(=O)N=C(C2CCCN(Cc3ccnc(N4CCCCC4)n3)C2)Nc2ccccc21. The topological polar surface area (TPSA) is 90.8 Å². The summed E-state index contributed by atoms with van der Waals surface area (Å²) >= 11 is 0. The highest BCUT2D eigenvalue weighted by Gasteiger charge is 2.31. The number of benzene rings is 1. The molecule has 5 rings (SSSR count). The van der Waals surface area contributed by atoms with E-state index in [1.54, 1.807) is 18.2 Å². The van der Waals surface area contributed by atoms with Gasteiger partial charge < -0.3 is 10.2 Å². The number of likely N-dealkylation sites (tertiary alicyclic amines) is 1. The average molecular weight is 441 g/mol. The molecule has 0 bridgehead atoms. The highest BCUT2D eigenvalue weighted by molar-refractivity contribution is 7.90. The van der Waals surface area contributed by atoms with Crippen LogP contribution in [0.5, 0.6) is 0 Å². The van der Waals surface area contributed by atoms with Gasteiger partial charge in [0.1, 0.15) is 10.7 Å². The van der Waals surface area contributed by atoms with Crippen molar-refractivity contribution in [2.75, 3.05) is 36.4 Å². The van der Waals surface area contributed by atoms with Gasteiger partial charge in [-0.3, -0.25) is 4.90 Å². The third kappa shape index (κ3) is 4.43. The molecule has 9 heteroatoms. The minimum Gasteiger partial charge on any atom is -0.342 e. The molecule has 1 aromatic heterocycles. The summed E-state index contributed by atoms with van der Waals surface area (Å²) < 4.78 is 29.4. The van der Waals surface area contributed by atoms with Crippen molar-refractivity contribution >= 4 is 27.5 Å². The quantitative estimate of drug-likeness (QED) is 0.782. The Morgan fingerprint density at radius 3 is 2.74 bits per heavy atom. The predicted molar refractivity (Wildman–Crippen MR) is 121 cm³/mol. The molecule has 1 N–H and O–H groups in total. The van der Waals surface area contributed by atoms with Crippen LogP contribution in [0.2, 0.25) is 0 Å². The Balaban J connectivity index is 1.29. The van der Waals surface area contributed by atoms with Gasteiger partial charge in [-0.25, -0.2) is 9.97 Å². The zero-order valence-corrected chi connectivity index (χ0v) is 18.4. The van der Waals surface area contributed by atoms with Gasteiger partial charge in [0.25, 0.3) is 10.0 Å². The van der Waals surface area contributed by atoms with Crippen molar-refractivity contribution in [3.8, 4) is 0 Å². The predicted octanol–water partition coefficient (Wildman–Crippen LogP) is 2.89. The Labute approximate surface area is 183 Å². The van der Waals surface area contributed by atoms with E-state index in [2.05, 4.69) is 24.5 Å². The molecule has 0 spiro atoms. The third-order valence-electron chi connectivity index (χ3n) is 6.26. The number of anilines is 2. The van der Waals surface area contributed by atoms with E-state index in [-0.39, 0.29) is 10.8 Å². The summed E-state index contributed by atoms with van der Waals surface area (Å²) in [4.78, 5) is 14.2.